The molecule has 4 nitrogen and oxygen atoms in total. The van der Waals surface area contributed by atoms with Crippen LogP contribution in [0.4, 0.5) is 4.79 Å². The maximum absolute atomic E-state index is 10.2. The number of nitrogens with one attached hydrogen (secondary N) is 1. The van der Waals surface area contributed by atoms with E-state index in [2.05, 4.69) is 10.5 Å². The quantitative estimate of drug-likeness (QED) is 0.515. The molecule has 1 aliphatic carbocycles. The van der Waals surface area contributed by atoms with Crippen molar-refractivity contribution in [1.82, 2.24) is 5.43 Å². The number of urea groups is 1. The number of hydrazone groups is 1. The Hall–Kier alpha value is -1.06. The lowest BCUT2D eigenvalue weighted by Gasteiger charge is -1.93. The average Bonchev–Trinajstić information content (AvgIpc) is 2.34. The first-order valence-electron chi connectivity index (χ1n) is 3.40. The maximum atomic E-state index is 10.2. The van der Waals surface area contributed by atoms with E-state index in [0.29, 0.717) is 0 Å². The molecule has 0 aliphatic heterocycles. The Morgan fingerprint density at radius 3 is 2.60 bits per heavy atom. The number of nitrogens with zero attached hydrogens (tertiary/aromatic N) is 1. The lowest BCUT2D eigenvalue weighted by Crippen LogP contribution is -2.25. The second-order valence-electron chi connectivity index (χ2n) is 2.36. The Bertz CT molecular complexity index is 156. The third-order valence-corrected chi connectivity index (χ3v) is 1.50. The molecule has 1 fully saturated rings. The van der Waals surface area contributed by atoms with E-state index < -0.39 is 6.03 Å². The van der Waals surface area contributed by atoms with E-state index in [0.717, 1.165) is 18.6 Å². The number of rotatable bonds is 1. The van der Waals surface area contributed by atoms with Crippen LogP contribution in [0.3, 0.4) is 0 Å². The summed E-state index contributed by atoms with van der Waals surface area (Å²) in [6.07, 6.45) is 4.36. The van der Waals surface area contributed by atoms with E-state index in [-0.39, 0.29) is 0 Å². The molecular weight excluding hydrogens is 130 g/mol. The molecule has 1 aliphatic rings. The van der Waals surface area contributed by atoms with Gasteiger partial charge in [-0.15, -0.1) is 0 Å². The Balaban J connectivity index is 2.31. The molecule has 56 valence electrons. The first kappa shape index (κ1) is 7.05. The van der Waals surface area contributed by atoms with Crippen molar-refractivity contribution in [2.45, 2.75) is 25.7 Å². The summed E-state index contributed by atoms with van der Waals surface area (Å²) >= 11 is 0. The number of hydrogen-bond donors (Lipinski definition) is 2. The molecule has 0 aromatic heterocycles. The van der Waals surface area contributed by atoms with Crippen LogP contribution in [0.15, 0.2) is 5.10 Å². The van der Waals surface area contributed by atoms with Gasteiger partial charge >= 0.3 is 6.03 Å². The second-order valence-corrected chi connectivity index (χ2v) is 2.36. The normalized spacial score (nSPS) is 17.0. The van der Waals surface area contributed by atoms with Gasteiger partial charge in [0.1, 0.15) is 0 Å². The first-order valence-corrected chi connectivity index (χ1v) is 3.40. The largest absolute Gasteiger partial charge is 0.350 e. The fraction of sp³-hybridized carbons (Fsp3) is 0.667. The highest BCUT2D eigenvalue weighted by molar-refractivity contribution is 5.87. The molecule has 0 spiro atoms. The minimum absolute atomic E-state index is 0.584. The van der Waals surface area contributed by atoms with Gasteiger partial charge in [0, 0.05) is 5.71 Å². The summed E-state index contributed by atoms with van der Waals surface area (Å²) < 4.78 is 0. The standard InChI is InChI=1S/C6H11N3O/c7-6(10)9-8-5-3-1-2-4-5/h1-4H2,(H3,7,9,10). The van der Waals surface area contributed by atoms with Crippen molar-refractivity contribution >= 4 is 11.7 Å². The summed E-state index contributed by atoms with van der Waals surface area (Å²) in [5.74, 6) is 0. The molecule has 10 heavy (non-hydrogen) atoms. The van der Waals surface area contributed by atoms with Crippen LogP contribution in [0.1, 0.15) is 25.7 Å². The van der Waals surface area contributed by atoms with E-state index >= 15 is 0 Å². The van der Waals surface area contributed by atoms with Crippen molar-refractivity contribution in [2.75, 3.05) is 0 Å². The van der Waals surface area contributed by atoms with Crippen molar-refractivity contribution in [2.24, 2.45) is 10.8 Å². The van der Waals surface area contributed by atoms with Crippen molar-refractivity contribution in [3.8, 4) is 0 Å². The van der Waals surface area contributed by atoms with Gasteiger partial charge in [0.15, 0.2) is 0 Å². The third kappa shape index (κ3) is 2.05. The molecule has 1 rings (SSSR count). The summed E-state index contributed by atoms with van der Waals surface area (Å²) in [7, 11) is 0. The molecule has 0 bridgehead atoms. The van der Waals surface area contributed by atoms with Gasteiger partial charge in [-0.05, 0) is 25.7 Å². The summed E-state index contributed by atoms with van der Waals surface area (Å²) in [5, 5.41) is 3.81. The van der Waals surface area contributed by atoms with Crippen LogP contribution < -0.4 is 11.2 Å². The minimum atomic E-state index is -0.584. The summed E-state index contributed by atoms with van der Waals surface area (Å²) in [4.78, 5) is 10.2. The van der Waals surface area contributed by atoms with E-state index in [9.17, 15) is 4.79 Å². The van der Waals surface area contributed by atoms with Gasteiger partial charge in [-0.2, -0.15) is 5.10 Å². The highest BCUT2D eigenvalue weighted by Gasteiger charge is 2.07. The van der Waals surface area contributed by atoms with Crippen molar-refractivity contribution in [3.05, 3.63) is 0 Å². The molecule has 0 aromatic rings. The monoisotopic (exact) mass is 141 g/mol. The molecule has 1 saturated carbocycles. The molecule has 0 aromatic carbocycles. The van der Waals surface area contributed by atoms with E-state index in [4.69, 9.17) is 5.73 Å². The van der Waals surface area contributed by atoms with Crippen molar-refractivity contribution < 1.29 is 4.79 Å². The van der Waals surface area contributed by atoms with Crippen LogP contribution >= 0.6 is 0 Å². The summed E-state index contributed by atoms with van der Waals surface area (Å²) in [6, 6.07) is -0.584. The summed E-state index contributed by atoms with van der Waals surface area (Å²) in [6.45, 7) is 0. The highest BCUT2D eigenvalue weighted by atomic mass is 16.2. The van der Waals surface area contributed by atoms with Crippen LogP contribution in [0, 0.1) is 0 Å². The van der Waals surface area contributed by atoms with Crippen LogP contribution in [-0.2, 0) is 0 Å². The fourth-order valence-electron chi connectivity index (χ4n) is 1.03. The molecule has 0 radical (unpaired) electrons. The SMILES string of the molecule is NC(=O)NN=C1CCCC1. The zero-order valence-electron chi connectivity index (χ0n) is 5.76. The van der Waals surface area contributed by atoms with Gasteiger partial charge in [-0.3, -0.25) is 0 Å². The number of primary amides is 1. The van der Waals surface area contributed by atoms with E-state index in [1.54, 1.807) is 0 Å². The maximum Gasteiger partial charge on any atom is 0.332 e. The predicted octanol–water partition coefficient (Wildman–Crippen LogP) is 0.585. The Kier molecular flexibility index (Phi) is 2.25. The molecule has 0 saturated heterocycles. The van der Waals surface area contributed by atoms with Crippen molar-refractivity contribution in [1.29, 1.82) is 0 Å². The number of carbonyl (C=O) groups excluding carboxylic acids is 1. The van der Waals surface area contributed by atoms with Gasteiger partial charge in [0.25, 0.3) is 0 Å². The Morgan fingerprint density at radius 2 is 2.10 bits per heavy atom. The number of hydrogen-bond acceptors (Lipinski definition) is 2. The zero-order valence-corrected chi connectivity index (χ0v) is 5.76. The van der Waals surface area contributed by atoms with Crippen LogP contribution in [0.25, 0.3) is 0 Å². The molecule has 4 heteroatoms. The van der Waals surface area contributed by atoms with E-state index in [1.165, 1.54) is 12.8 Å². The van der Waals surface area contributed by atoms with Crippen LogP contribution in [0.2, 0.25) is 0 Å². The average molecular weight is 141 g/mol. The lowest BCUT2D eigenvalue weighted by molar-refractivity contribution is 0.249. The van der Waals surface area contributed by atoms with Gasteiger partial charge in [0.05, 0.1) is 0 Å². The minimum Gasteiger partial charge on any atom is -0.350 e. The van der Waals surface area contributed by atoms with Gasteiger partial charge in [-0.1, -0.05) is 0 Å². The number of carbonyl (C=O) groups is 1. The summed E-state index contributed by atoms with van der Waals surface area (Å²) in [5.41, 5.74) is 8.08. The number of nitrogens with two attached hydrogens (primary N) is 1. The topological polar surface area (TPSA) is 67.5 Å². The highest BCUT2D eigenvalue weighted by Crippen LogP contribution is 2.13. The van der Waals surface area contributed by atoms with Crippen LogP contribution in [0.5, 0.6) is 0 Å². The first-order chi connectivity index (χ1) is 4.79. The Labute approximate surface area is 59.5 Å². The van der Waals surface area contributed by atoms with Gasteiger partial charge < -0.3 is 5.73 Å². The molecule has 3 N–H and O–H groups in total. The predicted molar refractivity (Wildman–Crippen MR) is 38.6 cm³/mol. The molecule has 0 unspecified atom stereocenters. The second kappa shape index (κ2) is 3.20. The third-order valence-electron chi connectivity index (χ3n) is 1.50. The van der Waals surface area contributed by atoms with Gasteiger partial charge in [0.2, 0.25) is 0 Å². The fourth-order valence-corrected chi connectivity index (χ4v) is 1.03. The molecule has 0 heterocycles. The smallest absolute Gasteiger partial charge is 0.332 e. The lowest BCUT2D eigenvalue weighted by atomic mass is 10.3. The molecule has 2 amide bonds. The van der Waals surface area contributed by atoms with Crippen LogP contribution in [-0.4, -0.2) is 11.7 Å². The zero-order chi connectivity index (χ0) is 7.40. The Morgan fingerprint density at radius 1 is 1.50 bits per heavy atom. The van der Waals surface area contributed by atoms with E-state index in [1.807, 2.05) is 0 Å². The van der Waals surface area contributed by atoms with Crippen molar-refractivity contribution in [3.63, 3.8) is 0 Å². The molecular formula is C6H11N3O. The molecule has 0 atom stereocenters. The van der Waals surface area contributed by atoms with Gasteiger partial charge in [-0.25, -0.2) is 10.2 Å². The number of amides is 2.